The van der Waals surface area contributed by atoms with Crippen molar-refractivity contribution in [1.29, 1.82) is 0 Å². The number of furan rings is 1. The second kappa shape index (κ2) is 9.18. The van der Waals surface area contributed by atoms with Gasteiger partial charge < -0.3 is 25.1 Å². The lowest BCUT2D eigenvalue weighted by Crippen LogP contribution is -2.48. The van der Waals surface area contributed by atoms with E-state index in [1.54, 1.807) is 18.4 Å². The lowest BCUT2D eigenvalue weighted by atomic mass is 10.1. The van der Waals surface area contributed by atoms with Crippen LogP contribution in [0.5, 0.6) is 0 Å². The van der Waals surface area contributed by atoms with Gasteiger partial charge in [-0.2, -0.15) is 19.5 Å². The van der Waals surface area contributed by atoms with Gasteiger partial charge in [0, 0.05) is 46.3 Å². The molecule has 35 heavy (non-hydrogen) atoms. The summed E-state index contributed by atoms with van der Waals surface area (Å²) in [6, 6.07) is 7.53. The van der Waals surface area contributed by atoms with Crippen molar-refractivity contribution < 1.29 is 18.7 Å². The summed E-state index contributed by atoms with van der Waals surface area (Å²) in [5.41, 5.74) is 6.45. The zero-order valence-electron chi connectivity index (χ0n) is 19.0. The smallest absolute Gasteiger partial charge is 0.335 e. The van der Waals surface area contributed by atoms with Gasteiger partial charge in [0.05, 0.1) is 17.5 Å². The van der Waals surface area contributed by atoms with E-state index in [4.69, 9.17) is 15.3 Å². The van der Waals surface area contributed by atoms with Crippen LogP contribution in [0.25, 0.3) is 17.4 Å². The molecule has 182 valence electrons. The molecular formula is C22H24FN9O3. The molecule has 0 amide bonds. The first-order chi connectivity index (χ1) is 16.9. The summed E-state index contributed by atoms with van der Waals surface area (Å²) < 4.78 is 21.1. The van der Waals surface area contributed by atoms with E-state index in [2.05, 4.69) is 25.0 Å². The molecule has 4 heterocycles. The molecule has 0 atom stereocenters. The summed E-state index contributed by atoms with van der Waals surface area (Å²) in [6.07, 6.45) is 1.54. The summed E-state index contributed by atoms with van der Waals surface area (Å²) in [6.45, 7) is 4.16. The van der Waals surface area contributed by atoms with Gasteiger partial charge in [-0.15, -0.1) is 5.10 Å². The number of hydrogen-bond acceptors (Lipinski definition) is 10. The Morgan fingerprint density at radius 2 is 2.00 bits per heavy atom. The first kappa shape index (κ1) is 22.5. The molecule has 3 N–H and O–H groups in total. The van der Waals surface area contributed by atoms with Crippen LogP contribution in [0.1, 0.15) is 10.4 Å². The van der Waals surface area contributed by atoms with Crippen molar-refractivity contribution in [3.8, 4) is 11.6 Å². The fourth-order valence-corrected chi connectivity index (χ4v) is 3.98. The second-order valence-corrected chi connectivity index (χ2v) is 8.23. The number of fused-ring (bicyclic) bond motifs is 1. The normalized spacial score (nSPS) is 14.5. The Morgan fingerprint density at radius 1 is 1.20 bits per heavy atom. The number of hydrogen-bond donors (Lipinski definition) is 2. The van der Waals surface area contributed by atoms with Gasteiger partial charge in [0.1, 0.15) is 5.82 Å². The van der Waals surface area contributed by atoms with Crippen LogP contribution in [-0.2, 0) is 0 Å². The van der Waals surface area contributed by atoms with Crippen LogP contribution in [0, 0.1) is 5.82 Å². The molecule has 3 aromatic heterocycles. The Labute approximate surface area is 199 Å². The van der Waals surface area contributed by atoms with Crippen LogP contribution in [-0.4, -0.2) is 86.9 Å². The fourth-order valence-electron chi connectivity index (χ4n) is 3.98. The number of aromatic carboxylic acids is 1. The second-order valence-electron chi connectivity index (χ2n) is 8.23. The van der Waals surface area contributed by atoms with Crippen molar-refractivity contribution in [3.63, 3.8) is 0 Å². The van der Waals surface area contributed by atoms with Crippen LogP contribution in [0.3, 0.4) is 0 Å². The lowest BCUT2D eigenvalue weighted by Gasteiger charge is -2.36. The van der Waals surface area contributed by atoms with E-state index in [9.17, 15) is 9.18 Å². The van der Waals surface area contributed by atoms with Crippen molar-refractivity contribution in [2.24, 2.45) is 0 Å². The van der Waals surface area contributed by atoms with E-state index in [1.807, 2.05) is 16.8 Å². The van der Waals surface area contributed by atoms with E-state index in [0.29, 0.717) is 48.6 Å². The molecule has 0 spiro atoms. The number of carboxylic acids is 1. The third-order valence-electron chi connectivity index (χ3n) is 5.96. The van der Waals surface area contributed by atoms with Crippen LogP contribution in [0.4, 0.5) is 22.0 Å². The maximum Gasteiger partial charge on any atom is 0.335 e. The van der Waals surface area contributed by atoms with Gasteiger partial charge in [-0.1, -0.05) is 0 Å². The van der Waals surface area contributed by atoms with Crippen molar-refractivity contribution in [2.75, 3.05) is 61.8 Å². The number of nitrogens with two attached hydrogens (primary N) is 1. The Bertz CT molecular complexity index is 1350. The highest BCUT2D eigenvalue weighted by atomic mass is 19.1. The molecule has 0 bridgehead atoms. The molecule has 5 rings (SSSR count). The highest BCUT2D eigenvalue weighted by molar-refractivity contribution is 5.88. The molecule has 1 aliphatic rings. The minimum Gasteiger partial charge on any atom is -0.478 e. The van der Waals surface area contributed by atoms with Gasteiger partial charge in [-0.05, 0) is 30.3 Å². The molecule has 1 aliphatic heterocycles. The van der Waals surface area contributed by atoms with Crippen molar-refractivity contribution in [1.82, 2.24) is 29.5 Å². The Balaban J connectivity index is 1.19. The average Bonchev–Trinajstić information content (AvgIpc) is 3.53. The van der Waals surface area contributed by atoms with Gasteiger partial charge >= 0.3 is 5.97 Å². The SMILES string of the molecule is CN(CCN1CCN(c2ccc(C(=O)O)cc2F)CC1)c1nc(N)n2nc(-c3ccco3)nc2n1. The maximum absolute atomic E-state index is 14.4. The molecule has 1 aromatic carbocycles. The molecule has 4 aromatic rings. The Morgan fingerprint density at radius 3 is 2.69 bits per heavy atom. The molecule has 1 saturated heterocycles. The van der Waals surface area contributed by atoms with E-state index in [-0.39, 0.29) is 11.5 Å². The zero-order chi connectivity index (χ0) is 24.5. The largest absolute Gasteiger partial charge is 0.478 e. The summed E-state index contributed by atoms with van der Waals surface area (Å²) >= 11 is 0. The number of carbonyl (C=O) groups is 1. The summed E-state index contributed by atoms with van der Waals surface area (Å²) in [7, 11) is 1.88. The molecule has 0 aliphatic carbocycles. The highest BCUT2D eigenvalue weighted by Crippen LogP contribution is 2.22. The molecule has 0 saturated carbocycles. The number of anilines is 3. The molecule has 0 unspecified atom stereocenters. The summed E-state index contributed by atoms with van der Waals surface area (Å²) in [4.78, 5) is 30.4. The predicted octanol–water partition coefficient (Wildman–Crippen LogP) is 1.46. The Hall–Kier alpha value is -4.26. The quantitative estimate of drug-likeness (QED) is 0.396. The maximum atomic E-state index is 14.4. The minimum atomic E-state index is -1.14. The lowest BCUT2D eigenvalue weighted by molar-refractivity contribution is 0.0696. The number of halogens is 1. The third kappa shape index (κ3) is 4.57. The number of likely N-dealkylation sites (N-methyl/N-ethyl adjacent to an activating group) is 1. The van der Waals surface area contributed by atoms with E-state index >= 15 is 0 Å². The number of carboxylic acid groups (broad SMARTS) is 1. The van der Waals surface area contributed by atoms with Crippen molar-refractivity contribution in [3.05, 3.63) is 48.0 Å². The molecule has 12 nitrogen and oxygen atoms in total. The van der Waals surface area contributed by atoms with Crippen LogP contribution < -0.4 is 15.5 Å². The number of aromatic nitrogens is 5. The summed E-state index contributed by atoms with van der Waals surface area (Å²) in [5.74, 6) is 0.169. The van der Waals surface area contributed by atoms with E-state index in [1.165, 1.54) is 16.6 Å². The Kier molecular flexibility index (Phi) is 5.91. The molecular weight excluding hydrogens is 457 g/mol. The van der Waals surface area contributed by atoms with E-state index < -0.39 is 11.8 Å². The number of nitrogen functional groups attached to an aromatic ring is 1. The van der Waals surface area contributed by atoms with Crippen molar-refractivity contribution in [2.45, 2.75) is 0 Å². The molecule has 1 fully saturated rings. The number of rotatable bonds is 7. The summed E-state index contributed by atoms with van der Waals surface area (Å²) in [5, 5.41) is 13.3. The van der Waals surface area contributed by atoms with Crippen LogP contribution in [0.2, 0.25) is 0 Å². The molecule has 13 heteroatoms. The molecule has 0 radical (unpaired) electrons. The number of nitrogens with zero attached hydrogens (tertiary/aromatic N) is 8. The van der Waals surface area contributed by atoms with Crippen LogP contribution in [0.15, 0.2) is 41.0 Å². The standard InChI is InChI=1S/C22H24FN9O3/c1-29(21-26-20(24)32-22(27-21)25-18(28-32)17-3-2-12-35-17)6-7-30-8-10-31(11-9-30)16-5-4-14(19(33)34)13-15(16)23/h2-5,12-13H,6-11H2,1H3,(H,33,34)(H2,24,25,26,27,28). The van der Waals surface area contributed by atoms with Gasteiger partial charge in [0.25, 0.3) is 5.78 Å². The first-order valence-electron chi connectivity index (χ1n) is 11.0. The average molecular weight is 481 g/mol. The predicted molar refractivity (Wildman–Crippen MR) is 126 cm³/mol. The third-order valence-corrected chi connectivity index (χ3v) is 5.96. The number of piperazine rings is 1. The topological polar surface area (TPSA) is 142 Å². The van der Waals surface area contributed by atoms with Gasteiger partial charge in [0.2, 0.25) is 17.7 Å². The first-order valence-corrected chi connectivity index (χ1v) is 11.0. The minimum absolute atomic E-state index is 0.0581. The van der Waals surface area contributed by atoms with Gasteiger partial charge in [0.15, 0.2) is 5.76 Å². The zero-order valence-corrected chi connectivity index (χ0v) is 19.0. The van der Waals surface area contributed by atoms with Crippen LogP contribution >= 0.6 is 0 Å². The van der Waals surface area contributed by atoms with Gasteiger partial charge in [-0.3, -0.25) is 4.90 Å². The highest BCUT2D eigenvalue weighted by Gasteiger charge is 2.21. The monoisotopic (exact) mass is 481 g/mol. The van der Waals surface area contributed by atoms with Gasteiger partial charge in [-0.25, -0.2) is 9.18 Å². The number of benzene rings is 1. The van der Waals surface area contributed by atoms with E-state index in [0.717, 1.165) is 25.7 Å². The fraction of sp³-hybridized carbons (Fsp3) is 0.318. The van der Waals surface area contributed by atoms with Crippen molar-refractivity contribution >= 4 is 29.3 Å².